The van der Waals surface area contributed by atoms with Crippen molar-refractivity contribution in [2.75, 3.05) is 61.5 Å². The molecule has 0 radical (unpaired) electrons. The number of amides is 13. The zero-order valence-corrected chi connectivity index (χ0v) is 62.3. The Balaban J connectivity index is 4.12. The number of nitrogens with zero attached hydrogens (tertiary/aromatic N) is 4. The van der Waals surface area contributed by atoms with Gasteiger partial charge in [0.05, 0.1) is 6.04 Å². The van der Waals surface area contributed by atoms with E-state index < -0.39 is 185 Å². The van der Waals surface area contributed by atoms with E-state index in [4.69, 9.17) is 9.47 Å². The van der Waals surface area contributed by atoms with Gasteiger partial charge in [0.1, 0.15) is 67.1 Å². The van der Waals surface area contributed by atoms with Gasteiger partial charge in [-0.15, -0.1) is 0 Å². The van der Waals surface area contributed by atoms with Gasteiger partial charge in [-0.05, 0) is 80.5 Å². The topological polar surface area (TPSA) is 379 Å². The lowest BCUT2D eigenvalue weighted by molar-refractivity contribution is -0.163. The largest absolute Gasteiger partial charge is 0.458 e. The molecule has 1 fully saturated rings. The third-order valence-electron chi connectivity index (χ3n) is 17.5. The summed E-state index contributed by atoms with van der Waals surface area (Å²) in [4.78, 5) is 202. The molecule has 1 saturated heterocycles. The van der Waals surface area contributed by atoms with E-state index in [9.17, 15) is 67.1 Å². The van der Waals surface area contributed by atoms with Crippen LogP contribution in [-0.2, 0) is 76.6 Å². The van der Waals surface area contributed by atoms with Crippen molar-refractivity contribution in [2.24, 2.45) is 47.3 Å². The number of likely N-dealkylation sites (N-methyl/N-ethyl adjacent to an activating group) is 4. The number of cyclic esters (lactones) is 1. The second-order valence-corrected chi connectivity index (χ2v) is 28.3. The molecular weight excluding hydrogens is 1250 g/mol. The molecule has 1 rings (SSSR count). The van der Waals surface area contributed by atoms with Crippen LogP contribution >= 0.6 is 0 Å². The normalized spacial score (nSPS) is 24.9. The van der Waals surface area contributed by atoms with Gasteiger partial charge < -0.3 is 71.6 Å². The summed E-state index contributed by atoms with van der Waals surface area (Å²) in [7, 11) is 6.96. The fourth-order valence-corrected chi connectivity index (χ4v) is 11.4. The predicted octanol–water partition coefficient (Wildman–Crippen LogP) is 1.53. The van der Waals surface area contributed by atoms with Crippen molar-refractivity contribution in [1.29, 1.82) is 0 Å². The average Bonchev–Trinajstić information content (AvgIpc) is 0.836. The molecule has 0 aliphatic carbocycles. The molecule has 13 amide bonds. The first-order valence-electron chi connectivity index (χ1n) is 34.5. The Labute approximate surface area is 576 Å². The van der Waals surface area contributed by atoms with Crippen molar-refractivity contribution in [3.8, 4) is 0 Å². The van der Waals surface area contributed by atoms with Gasteiger partial charge in [0.15, 0.2) is 0 Å². The molecule has 13 atom stereocenters. The number of imide groups is 1. The van der Waals surface area contributed by atoms with Crippen LogP contribution in [0, 0.1) is 47.3 Å². The van der Waals surface area contributed by atoms with Crippen molar-refractivity contribution >= 4 is 82.8 Å². The third-order valence-corrected chi connectivity index (χ3v) is 17.5. The first-order chi connectivity index (χ1) is 45.1. The van der Waals surface area contributed by atoms with E-state index in [2.05, 4.69) is 47.9 Å². The molecule has 97 heavy (non-hydrogen) atoms. The van der Waals surface area contributed by atoms with E-state index >= 15 is 0 Å². The van der Waals surface area contributed by atoms with Gasteiger partial charge in [-0.25, -0.2) is 4.79 Å². The van der Waals surface area contributed by atoms with Crippen molar-refractivity contribution in [1.82, 2.24) is 67.5 Å². The maximum Gasteiger partial charge on any atom is 0.329 e. The van der Waals surface area contributed by atoms with Crippen LogP contribution in [0.25, 0.3) is 0 Å². The van der Waals surface area contributed by atoms with Crippen LogP contribution in [0.3, 0.4) is 0 Å². The van der Waals surface area contributed by atoms with Crippen LogP contribution in [0.5, 0.6) is 0 Å². The number of hydrogen-bond donors (Lipinski definition) is 9. The van der Waals surface area contributed by atoms with E-state index in [1.807, 2.05) is 34.6 Å². The highest BCUT2D eigenvalue weighted by molar-refractivity contribution is 6.01. The lowest BCUT2D eigenvalue weighted by Gasteiger charge is -2.37. The van der Waals surface area contributed by atoms with Crippen LogP contribution in [0.1, 0.15) is 176 Å². The molecule has 0 saturated carbocycles. The number of methoxy groups -OCH3 is 1. The summed E-state index contributed by atoms with van der Waals surface area (Å²) in [6, 6.07) is -12.2. The Kier molecular flexibility index (Phi) is 38.4. The fraction of sp³-hybridized carbons (Fsp3) is 0.794. The molecule has 0 aromatic rings. The molecule has 29 nitrogen and oxygen atoms in total. The number of carbonyl (C=O) groups excluding carboxylic acids is 14. The minimum atomic E-state index is -1.72. The second-order valence-electron chi connectivity index (χ2n) is 28.3. The Morgan fingerprint density at radius 1 is 0.546 bits per heavy atom. The minimum Gasteiger partial charge on any atom is -0.458 e. The number of ether oxygens (including phenoxy) is 2. The van der Waals surface area contributed by atoms with Crippen molar-refractivity contribution in [2.45, 2.75) is 243 Å². The number of esters is 1. The van der Waals surface area contributed by atoms with Gasteiger partial charge in [0.25, 0.3) is 0 Å². The molecule has 0 spiro atoms. The van der Waals surface area contributed by atoms with Gasteiger partial charge in [0, 0.05) is 74.2 Å². The van der Waals surface area contributed by atoms with E-state index in [0.29, 0.717) is 12.8 Å². The van der Waals surface area contributed by atoms with Gasteiger partial charge >= 0.3 is 5.97 Å². The minimum absolute atomic E-state index is 0.0421. The van der Waals surface area contributed by atoms with Crippen LogP contribution in [0.2, 0.25) is 0 Å². The maximum absolute atomic E-state index is 14.7. The molecule has 1 aliphatic heterocycles. The fourth-order valence-electron chi connectivity index (χ4n) is 11.4. The number of nitrogens with one attached hydrogen (secondary N) is 9. The SMILES string of the molecule is CCC(C)[C@H]1C(=O)NCCC(=O)N[C@H](C(C)C)C(=O)N(C)[C@@H](C(C)C)C(=O)N(C)[C@@H](C)C(=O)NC(=O)CCN[C@H](CC(C)C)C(=O)N(C)[C@H](C(C)CC)C(=O)O[C@H](C)[C@H](NC(=O)[C@@H](CC(C)C)NC(=O)[C@@H](NC(=O)COC)C(C)C)C(=O)NCCC(=O)N[C@H](CC(C)C)C(=O)N1C. The second kappa shape index (κ2) is 42.5. The first kappa shape index (κ1) is 87.7. The Morgan fingerprint density at radius 3 is 1.55 bits per heavy atom. The molecule has 0 bridgehead atoms. The monoisotopic (exact) mass is 1380 g/mol. The summed E-state index contributed by atoms with van der Waals surface area (Å²) in [5.41, 5.74) is 0. The maximum atomic E-state index is 14.7. The molecule has 1 aliphatic rings. The molecule has 1 heterocycles. The summed E-state index contributed by atoms with van der Waals surface area (Å²) in [6.07, 6.45) is -1.31. The third kappa shape index (κ3) is 28.2. The number of hydrogen-bond acceptors (Lipinski definition) is 17. The van der Waals surface area contributed by atoms with Crippen molar-refractivity contribution < 1.29 is 76.6 Å². The Hall–Kier alpha value is -7.30. The highest BCUT2D eigenvalue weighted by Gasteiger charge is 2.43. The predicted molar refractivity (Wildman–Crippen MR) is 366 cm³/mol. The number of carbonyl (C=O) groups is 14. The molecule has 9 N–H and O–H groups in total. The first-order valence-corrected chi connectivity index (χ1v) is 34.5. The molecule has 554 valence electrons. The summed E-state index contributed by atoms with van der Waals surface area (Å²) in [6.45, 7) is 30.1. The van der Waals surface area contributed by atoms with E-state index in [1.54, 1.807) is 76.2 Å². The van der Waals surface area contributed by atoms with Gasteiger partial charge in [-0.3, -0.25) is 67.6 Å². The summed E-state index contributed by atoms with van der Waals surface area (Å²) >= 11 is 0. The van der Waals surface area contributed by atoms with Crippen LogP contribution in [0.4, 0.5) is 0 Å². The lowest BCUT2D eigenvalue weighted by atomic mass is 9.95. The molecular formula is C68H121N13O16. The van der Waals surface area contributed by atoms with Gasteiger partial charge in [-0.1, -0.05) is 124 Å². The van der Waals surface area contributed by atoms with Crippen LogP contribution < -0.4 is 47.9 Å². The smallest absolute Gasteiger partial charge is 0.329 e. The lowest BCUT2D eigenvalue weighted by Crippen LogP contribution is -2.61. The summed E-state index contributed by atoms with van der Waals surface area (Å²) < 4.78 is 11.0. The van der Waals surface area contributed by atoms with Crippen molar-refractivity contribution in [3.05, 3.63) is 0 Å². The molecule has 0 aromatic heterocycles. The average molecular weight is 1380 g/mol. The highest BCUT2D eigenvalue weighted by atomic mass is 16.5. The molecule has 29 heteroatoms. The van der Waals surface area contributed by atoms with E-state index in [-0.39, 0.29) is 76.1 Å². The van der Waals surface area contributed by atoms with Crippen molar-refractivity contribution in [3.63, 3.8) is 0 Å². The summed E-state index contributed by atoms with van der Waals surface area (Å²) in [5.74, 6) is -12.8. The quantitative estimate of drug-likeness (QED) is 0.0616. The highest BCUT2D eigenvalue weighted by Crippen LogP contribution is 2.23. The zero-order chi connectivity index (χ0) is 74.6. The number of rotatable bonds is 20. The Morgan fingerprint density at radius 2 is 1.04 bits per heavy atom. The molecule has 0 aromatic carbocycles. The van der Waals surface area contributed by atoms with Crippen LogP contribution in [-0.4, -0.2) is 230 Å². The zero-order valence-electron chi connectivity index (χ0n) is 62.3. The summed E-state index contributed by atoms with van der Waals surface area (Å²) in [5, 5.41) is 24.4. The van der Waals surface area contributed by atoms with E-state index in [1.165, 1.54) is 63.8 Å². The molecule has 2 unspecified atom stereocenters. The van der Waals surface area contributed by atoms with Gasteiger partial charge in [-0.2, -0.15) is 0 Å². The van der Waals surface area contributed by atoms with Gasteiger partial charge in [0.2, 0.25) is 76.8 Å². The van der Waals surface area contributed by atoms with E-state index in [0.717, 1.165) is 4.90 Å². The standard InChI is InChI=1S/C68H121N13O16/c1-24-42(15)57-63(90)71-31-28-50(83)74-54(40(11)12)66(93)79(20)56(41(13)14)67(94)78(19)44(17)59(86)76-51(84)26-29-69-47(33-37(5)6)64(91)81(22)58(43(16)25-2)68(95)97-45(18)55(61(88)70-30-27-49(82)72-48(34-38(7)8)65(92)80(57)21)77-60(87)46(32-36(3)4)73-62(89)53(39(9)10)75-52(85)35-96-23/h36-48,53-58,69H,24-35H2,1-23H3,(H,70,88)(H,71,90)(H,72,82)(H,73,89)(H,74,83)(H,75,85)(H,77,87)(H,76,84,86)/t42?,43?,44-,45+,46+,47+,48+,53-,54+,55-,56-,57-,58+/m0/s1. The Bertz CT molecular complexity index is 2670. The van der Waals surface area contributed by atoms with Crippen LogP contribution in [0.15, 0.2) is 0 Å².